The Morgan fingerprint density at radius 2 is 1.82 bits per heavy atom. The van der Waals surface area contributed by atoms with Gasteiger partial charge in [-0.2, -0.15) is 0 Å². The summed E-state index contributed by atoms with van der Waals surface area (Å²) in [4.78, 5) is 32.0. The van der Waals surface area contributed by atoms with Crippen LogP contribution in [0.3, 0.4) is 0 Å². The molecule has 0 radical (unpaired) electrons. The van der Waals surface area contributed by atoms with E-state index in [1.165, 1.54) is 6.92 Å². The largest absolute Gasteiger partial charge is 0.446 e. The molecule has 1 fully saturated rings. The molecule has 11 heavy (non-hydrogen) atoms. The van der Waals surface area contributed by atoms with Crippen molar-refractivity contribution in [3.8, 4) is 0 Å². The third-order valence-corrected chi connectivity index (χ3v) is 1.49. The molecule has 60 valence electrons. The van der Waals surface area contributed by atoms with E-state index in [2.05, 4.69) is 4.74 Å². The van der Waals surface area contributed by atoms with Crippen LogP contribution in [0.1, 0.15) is 19.8 Å². The summed E-state index contributed by atoms with van der Waals surface area (Å²) in [5, 5.41) is 0. The maximum absolute atomic E-state index is 10.8. The normalized spacial score (nSPS) is 19.0. The van der Waals surface area contributed by atoms with E-state index in [4.69, 9.17) is 0 Å². The molecular weight excluding hydrogens is 148 g/mol. The summed E-state index contributed by atoms with van der Waals surface area (Å²) in [5.41, 5.74) is 0. The number of carbonyl (C=O) groups excluding carboxylic acids is 3. The second kappa shape index (κ2) is 2.82. The van der Waals surface area contributed by atoms with Gasteiger partial charge in [0, 0.05) is 19.8 Å². The second-order valence-corrected chi connectivity index (χ2v) is 2.42. The fourth-order valence-corrected chi connectivity index (χ4v) is 0.986. The minimum absolute atomic E-state index is 0.205. The van der Waals surface area contributed by atoms with Crippen LogP contribution < -0.4 is 0 Å². The predicted molar refractivity (Wildman–Crippen MR) is 34.8 cm³/mol. The third kappa shape index (κ3) is 1.63. The van der Waals surface area contributed by atoms with Crippen molar-refractivity contribution < 1.29 is 19.1 Å². The Balaban J connectivity index is 2.62. The summed E-state index contributed by atoms with van der Waals surface area (Å²) in [5.74, 6) is -1.16. The molecule has 4 nitrogen and oxygen atoms in total. The Bertz CT molecular complexity index is 202. The summed E-state index contributed by atoms with van der Waals surface area (Å²) in [6.45, 7) is 1.18. The molecule has 1 aliphatic carbocycles. The smallest absolute Gasteiger partial charge is 0.303 e. The van der Waals surface area contributed by atoms with Crippen LogP contribution >= 0.6 is 0 Å². The third-order valence-electron chi connectivity index (χ3n) is 1.49. The average molecular weight is 156 g/mol. The van der Waals surface area contributed by atoms with Crippen molar-refractivity contribution in [2.24, 2.45) is 0 Å². The van der Waals surface area contributed by atoms with E-state index < -0.39 is 12.1 Å². The molecule has 1 rings (SSSR count). The van der Waals surface area contributed by atoms with E-state index in [9.17, 15) is 14.4 Å². The first kappa shape index (κ1) is 7.91. The molecule has 0 heterocycles. The van der Waals surface area contributed by atoms with Crippen LogP contribution in [0, 0.1) is 0 Å². The van der Waals surface area contributed by atoms with Crippen LogP contribution in [0.2, 0.25) is 0 Å². The van der Waals surface area contributed by atoms with Gasteiger partial charge in [0.15, 0.2) is 11.6 Å². The number of ketones is 2. The Morgan fingerprint density at radius 3 is 2.18 bits per heavy atom. The molecule has 0 amide bonds. The van der Waals surface area contributed by atoms with E-state index >= 15 is 0 Å². The van der Waals surface area contributed by atoms with Crippen LogP contribution in [-0.2, 0) is 19.1 Å². The molecular formula is C7H8O4. The zero-order valence-corrected chi connectivity index (χ0v) is 6.12. The zero-order valence-electron chi connectivity index (χ0n) is 6.12. The molecule has 0 spiro atoms. The molecule has 1 saturated carbocycles. The van der Waals surface area contributed by atoms with E-state index in [0.717, 1.165) is 0 Å². The highest BCUT2D eigenvalue weighted by atomic mass is 16.5. The molecule has 0 saturated heterocycles. The van der Waals surface area contributed by atoms with Gasteiger partial charge < -0.3 is 4.74 Å². The fraction of sp³-hybridized carbons (Fsp3) is 0.571. The molecule has 0 N–H and O–H groups in total. The predicted octanol–water partition coefficient (Wildman–Crippen LogP) is -0.150. The molecule has 0 aromatic carbocycles. The summed E-state index contributed by atoms with van der Waals surface area (Å²) < 4.78 is 4.50. The van der Waals surface area contributed by atoms with E-state index in [1.807, 2.05) is 0 Å². The van der Waals surface area contributed by atoms with Crippen LogP contribution in [0.25, 0.3) is 0 Å². The number of carbonyl (C=O) groups is 3. The summed E-state index contributed by atoms with van der Waals surface area (Å²) >= 11 is 0. The maximum Gasteiger partial charge on any atom is 0.303 e. The number of hydrogen-bond donors (Lipinski definition) is 0. The van der Waals surface area contributed by atoms with Gasteiger partial charge in [-0.1, -0.05) is 0 Å². The van der Waals surface area contributed by atoms with Crippen LogP contribution in [0.5, 0.6) is 0 Å². The van der Waals surface area contributed by atoms with Gasteiger partial charge in [0.1, 0.15) is 0 Å². The van der Waals surface area contributed by atoms with Gasteiger partial charge in [0.25, 0.3) is 0 Å². The Morgan fingerprint density at radius 1 is 1.36 bits per heavy atom. The fourth-order valence-electron chi connectivity index (χ4n) is 0.986. The lowest BCUT2D eigenvalue weighted by molar-refractivity contribution is -0.155. The van der Waals surface area contributed by atoms with Crippen molar-refractivity contribution in [3.63, 3.8) is 0 Å². The Kier molecular flexibility index (Phi) is 2.03. The molecule has 0 aliphatic heterocycles. The van der Waals surface area contributed by atoms with Crippen molar-refractivity contribution in [2.45, 2.75) is 25.9 Å². The first-order valence-electron chi connectivity index (χ1n) is 3.34. The van der Waals surface area contributed by atoms with Crippen LogP contribution in [0.4, 0.5) is 0 Å². The topological polar surface area (TPSA) is 60.4 Å². The molecule has 0 bridgehead atoms. The quantitative estimate of drug-likeness (QED) is 0.391. The maximum atomic E-state index is 10.8. The van der Waals surface area contributed by atoms with Crippen molar-refractivity contribution in [3.05, 3.63) is 0 Å². The van der Waals surface area contributed by atoms with Gasteiger partial charge in [-0.05, 0) is 0 Å². The number of esters is 1. The molecule has 0 unspecified atom stereocenters. The highest BCUT2D eigenvalue weighted by Gasteiger charge is 2.35. The standard InChI is InChI=1S/C7H8O4/c1-4(8)11-7-5(9)2-3-6(7)10/h7H,2-3H2,1H3. The molecule has 0 aromatic rings. The van der Waals surface area contributed by atoms with Crippen molar-refractivity contribution in [2.75, 3.05) is 0 Å². The number of rotatable bonds is 1. The van der Waals surface area contributed by atoms with Crippen molar-refractivity contribution in [1.82, 2.24) is 0 Å². The van der Waals surface area contributed by atoms with Crippen LogP contribution in [-0.4, -0.2) is 23.6 Å². The monoisotopic (exact) mass is 156 g/mol. The lowest BCUT2D eigenvalue weighted by Crippen LogP contribution is -2.27. The van der Waals surface area contributed by atoms with Crippen molar-refractivity contribution >= 4 is 17.5 Å². The lowest BCUT2D eigenvalue weighted by Gasteiger charge is -2.05. The van der Waals surface area contributed by atoms with Crippen LogP contribution in [0.15, 0.2) is 0 Å². The average Bonchev–Trinajstić information content (AvgIpc) is 2.18. The summed E-state index contributed by atoms with van der Waals surface area (Å²) in [6.07, 6.45) is -0.694. The van der Waals surface area contributed by atoms with E-state index in [-0.39, 0.29) is 24.4 Å². The minimum Gasteiger partial charge on any atom is -0.446 e. The molecule has 0 aromatic heterocycles. The van der Waals surface area contributed by atoms with Gasteiger partial charge in [0.05, 0.1) is 0 Å². The van der Waals surface area contributed by atoms with Gasteiger partial charge in [-0.3, -0.25) is 14.4 Å². The van der Waals surface area contributed by atoms with Gasteiger partial charge >= 0.3 is 5.97 Å². The first-order chi connectivity index (χ1) is 5.11. The van der Waals surface area contributed by atoms with Gasteiger partial charge in [-0.15, -0.1) is 0 Å². The zero-order chi connectivity index (χ0) is 8.43. The summed E-state index contributed by atoms with van der Waals surface area (Å²) in [7, 11) is 0. The van der Waals surface area contributed by atoms with E-state index in [0.29, 0.717) is 0 Å². The summed E-state index contributed by atoms with van der Waals surface area (Å²) in [6, 6.07) is 0. The highest BCUT2D eigenvalue weighted by Crippen LogP contribution is 2.13. The molecule has 1 aliphatic rings. The molecule has 0 atom stereocenters. The Hall–Kier alpha value is -1.19. The lowest BCUT2D eigenvalue weighted by atomic mass is 10.3. The first-order valence-corrected chi connectivity index (χ1v) is 3.34. The van der Waals surface area contributed by atoms with Gasteiger partial charge in [0.2, 0.25) is 6.10 Å². The highest BCUT2D eigenvalue weighted by molar-refractivity contribution is 6.12. The second-order valence-electron chi connectivity index (χ2n) is 2.42. The molecule has 4 heteroatoms. The Labute approximate surface area is 63.5 Å². The van der Waals surface area contributed by atoms with Crippen molar-refractivity contribution in [1.29, 1.82) is 0 Å². The number of ether oxygens (including phenoxy) is 1. The minimum atomic E-state index is -1.10. The van der Waals surface area contributed by atoms with Gasteiger partial charge in [-0.25, -0.2) is 0 Å². The SMILES string of the molecule is CC(=O)OC1C(=O)CCC1=O. The van der Waals surface area contributed by atoms with E-state index in [1.54, 1.807) is 0 Å². The number of hydrogen-bond acceptors (Lipinski definition) is 4. The number of Topliss-reactive ketones (excluding diaryl/α,β-unsaturated/α-hetero) is 2.